The summed E-state index contributed by atoms with van der Waals surface area (Å²) in [7, 11) is 0. The largest absolute Gasteiger partial charge is 0.465 e. The molecule has 0 aliphatic carbocycles. The van der Waals surface area contributed by atoms with E-state index in [9.17, 15) is 4.79 Å². The molecule has 4 nitrogen and oxygen atoms in total. The lowest BCUT2D eigenvalue weighted by molar-refractivity contribution is -0.143. The van der Waals surface area contributed by atoms with Crippen LogP contribution >= 0.6 is 11.6 Å². The van der Waals surface area contributed by atoms with Gasteiger partial charge in [0.15, 0.2) is 0 Å². The summed E-state index contributed by atoms with van der Waals surface area (Å²) in [4.78, 5) is 16.5. The molecule has 1 aromatic heterocycles. The van der Waals surface area contributed by atoms with Crippen LogP contribution < -0.4 is 0 Å². The molecule has 1 heterocycles. The summed E-state index contributed by atoms with van der Waals surface area (Å²) in [6.45, 7) is 2.27. The SMILES string of the molecule is CCOC(=O)Cn1c(-c2cccc(Cl)c2)nc2ccccc21. The van der Waals surface area contributed by atoms with E-state index in [2.05, 4.69) is 4.98 Å². The molecule has 0 N–H and O–H groups in total. The molecule has 22 heavy (non-hydrogen) atoms. The van der Waals surface area contributed by atoms with Crippen molar-refractivity contribution in [3.63, 3.8) is 0 Å². The van der Waals surface area contributed by atoms with E-state index in [0.29, 0.717) is 17.5 Å². The van der Waals surface area contributed by atoms with Gasteiger partial charge in [0.25, 0.3) is 0 Å². The van der Waals surface area contributed by atoms with Gasteiger partial charge in [0.05, 0.1) is 17.6 Å². The maximum atomic E-state index is 11.9. The Morgan fingerprint density at radius 2 is 2.05 bits per heavy atom. The second-order valence-electron chi connectivity index (χ2n) is 4.83. The molecule has 0 amide bonds. The maximum absolute atomic E-state index is 11.9. The Kier molecular flexibility index (Phi) is 4.11. The number of para-hydroxylation sites is 2. The Bertz CT molecular complexity index is 826. The third kappa shape index (κ3) is 2.83. The van der Waals surface area contributed by atoms with Gasteiger partial charge in [0.1, 0.15) is 12.4 Å². The van der Waals surface area contributed by atoms with E-state index in [4.69, 9.17) is 16.3 Å². The third-order valence-electron chi connectivity index (χ3n) is 3.33. The van der Waals surface area contributed by atoms with Crippen LogP contribution in [0.25, 0.3) is 22.4 Å². The molecule has 0 aliphatic heterocycles. The first-order valence-corrected chi connectivity index (χ1v) is 7.43. The molecular formula is C17H15ClN2O2. The molecule has 0 saturated carbocycles. The molecule has 5 heteroatoms. The van der Waals surface area contributed by atoms with Crippen LogP contribution in [0.2, 0.25) is 5.02 Å². The first-order valence-electron chi connectivity index (χ1n) is 7.06. The van der Waals surface area contributed by atoms with Gasteiger partial charge in [-0.1, -0.05) is 35.9 Å². The summed E-state index contributed by atoms with van der Waals surface area (Å²) in [5, 5.41) is 0.632. The Morgan fingerprint density at radius 1 is 1.23 bits per heavy atom. The second kappa shape index (κ2) is 6.20. The number of esters is 1. The summed E-state index contributed by atoms with van der Waals surface area (Å²) in [6.07, 6.45) is 0. The van der Waals surface area contributed by atoms with Gasteiger partial charge in [0, 0.05) is 10.6 Å². The highest BCUT2D eigenvalue weighted by atomic mass is 35.5. The lowest BCUT2D eigenvalue weighted by Gasteiger charge is -2.09. The predicted octanol–water partition coefficient (Wildman–Crippen LogP) is 3.92. The number of nitrogens with zero attached hydrogens (tertiary/aromatic N) is 2. The van der Waals surface area contributed by atoms with E-state index in [0.717, 1.165) is 16.6 Å². The first kappa shape index (κ1) is 14.6. The molecule has 112 valence electrons. The molecule has 0 bridgehead atoms. The highest BCUT2D eigenvalue weighted by Gasteiger charge is 2.15. The fraction of sp³-hybridized carbons (Fsp3) is 0.176. The average molecular weight is 315 g/mol. The molecule has 3 rings (SSSR count). The minimum atomic E-state index is -0.283. The number of carbonyl (C=O) groups is 1. The van der Waals surface area contributed by atoms with Crippen molar-refractivity contribution in [2.45, 2.75) is 13.5 Å². The van der Waals surface area contributed by atoms with Gasteiger partial charge in [0.2, 0.25) is 0 Å². The summed E-state index contributed by atoms with van der Waals surface area (Å²) in [6, 6.07) is 15.1. The van der Waals surface area contributed by atoms with E-state index in [1.165, 1.54) is 0 Å². The number of hydrogen-bond acceptors (Lipinski definition) is 3. The van der Waals surface area contributed by atoms with Crippen molar-refractivity contribution >= 4 is 28.6 Å². The molecule has 0 spiro atoms. The van der Waals surface area contributed by atoms with Gasteiger partial charge in [-0.15, -0.1) is 0 Å². The fourth-order valence-corrected chi connectivity index (χ4v) is 2.61. The number of benzene rings is 2. The van der Waals surface area contributed by atoms with Crippen molar-refractivity contribution in [2.75, 3.05) is 6.61 Å². The van der Waals surface area contributed by atoms with Crippen LogP contribution in [0.1, 0.15) is 6.92 Å². The van der Waals surface area contributed by atoms with Gasteiger partial charge < -0.3 is 9.30 Å². The summed E-state index contributed by atoms with van der Waals surface area (Å²) >= 11 is 6.07. The minimum absolute atomic E-state index is 0.121. The number of aromatic nitrogens is 2. The molecule has 0 fully saturated rings. The predicted molar refractivity (Wildman–Crippen MR) is 86.8 cm³/mol. The van der Waals surface area contributed by atoms with Gasteiger partial charge >= 0.3 is 5.97 Å². The van der Waals surface area contributed by atoms with E-state index >= 15 is 0 Å². The van der Waals surface area contributed by atoms with Crippen molar-refractivity contribution in [3.05, 3.63) is 53.6 Å². The highest BCUT2D eigenvalue weighted by molar-refractivity contribution is 6.30. The van der Waals surface area contributed by atoms with E-state index in [1.54, 1.807) is 6.92 Å². The third-order valence-corrected chi connectivity index (χ3v) is 3.57. The lowest BCUT2D eigenvalue weighted by Crippen LogP contribution is -2.14. The zero-order chi connectivity index (χ0) is 15.5. The quantitative estimate of drug-likeness (QED) is 0.686. The molecule has 3 aromatic rings. The maximum Gasteiger partial charge on any atom is 0.326 e. The van der Waals surface area contributed by atoms with Crippen LogP contribution in [0.15, 0.2) is 48.5 Å². The van der Waals surface area contributed by atoms with Gasteiger partial charge in [-0.2, -0.15) is 0 Å². The van der Waals surface area contributed by atoms with Crippen molar-refractivity contribution in [3.8, 4) is 11.4 Å². The van der Waals surface area contributed by atoms with E-state index < -0.39 is 0 Å². The van der Waals surface area contributed by atoms with Crippen LogP contribution in [0.4, 0.5) is 0 Å². The number of ether oxygens (including phenoxy) is 1. The van der Waals surface area contributed by atoms with Gasteiger partial charge in [-0.3, -0.25) is 4.79 Å². The normalized spacial score (nSPS) is 10.8. The minimum Gasteiger partial charge on any atom is -0.465 e. The number of carbonyl (C=O) groups excluding carboxylic acids is 1. The van der Waals surface area contributed by atoms with Crippen LogP contribution in [-0.2, 0) is 16.1 Å². The number of halogens is 1. The second-order valence-corrected chi connectivity index (χ2v) is 5.26. The smallest absolute Gasteiger partial charge is 0.326 e. The van der Waals surface area contributed by atoms with E-state index in [-0.39, 0.29) is 12.5 Å². The molecule has 0 aliphatic rings. The first-order chi connectivity index (χ1) is 10.7. The van der Waals surface area contributed by atoms with E-state index in [1.807, 2.05) is 53.1 Å². The van der Waals surface area contributed by atoms with Crippen molar-refractivity contribution in [1.82, 2.24) is 9.55 Å². The number of fused-ring (bicyclic) bond motifs is 1. The molecule has 2 aromatic carbocycles. The Labute approximate surface area is 133 Å². The zero-order valence-electron chi connectivity index (χ0n) is 12.1. The summed E-state index contributed by atoms with van der Waals surface area (Å²) in [5.74, 6) is 0.422. The number of imidazole rings is 1. The average Bonchev–Trinajstić information content (AvgIpc) is 2.86. The Balaban J connectivity index is 2.14. The number of hydrogen-bond donors (Lipinski definition) is 0. The number of rotatable bonds is 4. The topological polar surface area (TPSA) is 44.1 Å². The Hall–Kier alpha value is -2.33. The lowest BCUT2D eigenvalue weighted by atomic mass is 10.2. The molecule has 0 unspecified atom stereocenters. The monoisotopic (exact) mass is 314 g/mol. The van der Waals surface area contributed by atoms with Crippen LogP contribution in [-0.4, -0.2) is 22.1 Å². The molecule has 0 radical (unpaired) electrons. The highest BCUT2D eigenvalue weighted by Crippen LogP contribution is 2.26. The standard InChI is InChI=1S/C17H15ClN2O2/c1-2-22-16(21)11-20-15-9-4-3-8-14(15)19-17(20)12-6-5-7-13(18)10-12/h3-10H,2,11H2,1H3. The Morgan fingerprint density at radius 3 is 2.82 bits per heavy atom. The molecular weight excluding hydrogens is 300 g/mol. The van der Waals surface area contributed by atoms with Gasteiger partial charge in [-0.25, -0.2) is 4.98 Å². The summed E-state index contributed by atoms with van der Waals surface area (Å²) in [5.41, 5.74) is 2.60. The van der Waals surface area contributed by atoms with Crippen LogP contribution in [0, 0.1) is 0 Å². The molecule has 0 atom stereocenters. The van der Waals surface area contributed by atoms with Crippen molar-refractivity contribution < 1.29 is 9.53 Å². The van der Waals surface area contributed by atoms with Crippen LogP contribution in [0.3, 0.4) is 0 Å². The van der Waals surface area contributed by atoms with Crippen LogP contribution in [0.5, 0.6) is 0 Å². The van der Waals surface area contributed by atoms with Crippen molar-refractivity contribution in [2.24, 2.45) is 0 Å². The van der Waals surface area contributed by atoms with Crippen molar-refractivity contribution in [1.29, 1.82) is 0 Å². The zero-order valence-corrected chi connectivity index (χ0v) is 12.9. The summed E-state index contributed by atoms with van der Waals surface area (Å²) < 4.78 is 6.93. The molecule has 0 saturated heterocycles. The van der Waals surface area contributed by atoms with Gasteiger partial charge in [-0.05, 0) is 31.2 Å². The fourth-order valence-electron chi connectivity index (χ4n) is 2.42.